The summed E-state index contributed by atoms with van der Waals surface area (Å²) in [5.41, 5.74) is 1.31. The first-order chi connectivity index (χ1) is 11.2. The molecule has 1 fully saturated rings. The van der Waals surface area contributed by atoms with Crippen molar-refractivity contribution in [2.75, 3.05) is 19.7 Å². The molecule has 24 heavy (non-hydrogen) atoms. The van der Waals surface area contributed by atoms with Crippen LogP contribution in [0.3, 0.4) is 0 Å². The molecule has 6 nitrogen and oxygen atoms in total. The number of hydrogen-bond donors (Lipinski definition) is 3. The molecule has 138 valence electrons. The second-order valence-corrected chi connectivity index (χ2v) is 6.53. The number of nitrogens with one attached hydrogen (secondary N) is 2. The molecule has 2 rings (SSSR count). The average molecular weight is 449 g/mol. The highest BCUT2D eigenvalue weighted by atomic mass is 127. The number of aliphatic hydroxyl groups excluding tert-OH is 1. The molecule has 0 bridgehead atoms. The van der Waals surface area contributed by atoms with Crippen molar-refractivity contribution in [3.05, 3.63) is 18.0 Å². The van der Waals surface area contributed by atoms with Crippen molar-refractivity contribution in [3.63, 3.8) is 0 Å². The lowest BCUT2D eigenvalue weighted by Gasteiger charge is -2.37. The van der Waals surface area contributed by atoms with Crippen LogP contribution in [0.1, 0.15) is 51.1 Å². The summed E-state index contributed by atoms with van der Waals surface area (Å²) in [6.07, 6.45) is 8.92. The van der Waals surface area contributed by atoms with E-state index in [1.165, 1.54) is 32.1 Å². The molecule has 1 aliphatic rings. The van der Waals surface area contributed by atoms with Gasteiger partial charge in [0.1, 0.15) is 0 Å². The van der Waals surface area contributed by atoms with Gasteiger partial charge in [0.25, 0.3) is 0 Å². The summed E-state index contributed by atoms with van der Waals surface area (Å²) in [5.74, 6) is 0.844. The standard InChI is InChI=1S/C17H31N5O.HI/c1-3-18-16(19-13-15-7-11-21-22(15)2)20-14-17(10-12-23)8-5-4-6-9-17;/h7,11,23H,3-6,8-10,12-14H2,1-2H3,(H2,18,19,20);1H. The molecule has 0 unspecified atom stereocenters. The first-order valence-electron chi connectivity index (χ1n) is 8.79. The van der Waals surface area contributed by atoms with Crippen molar-refractivity contribution in [1.29, 1.82) is 0 Å². The van der Waals surface area contributed by atoms with E-state index in [1.54, 1.807) is 6.20 Å². The van der Waals surface area contributed by atoms with Crippen LogP contribution in [0, 0.1) is 5.41 Å². The highest BCUT2D eigenvalue weighted by Gasteiger charge is 2.31. The van der Waals surface area contributed by atoms with E-state index in [2.05, 4.69) is 27.6 Å². The molecule has 3 N–H and O–H groups in total. The first-order valence-corrected chi connectivity index (χ1v) is 8.79. The summed E-state index contributed by atoms with van der Waals surface area (Å²) in [5, 5.41) is 20.4. The normalized spacial score (nSPS) is 17.2. The third-order valence-corrected chi connectivity index (χ3v) is 4.85. The van der Waals surface area contributed by atoms with Gasteiger partial charge < -0.3 is 15.7 Å². The summed E-state index contributed by atoms with van der Waals surface area (Å²) in [4.78, 5) is 4.66. The van der Waals surface area contributed by atoms with Crippen molar-refractivity contribution in [2.45, 2.75) is 52.0 Å². The van der Waals surface area contributed by atoms with E-state index in [-0.39, 0.29) is 36.0 Å². The van der Waals surface area contributed by atoms with Crippen LogP contribution in [0.4, 0.5) is 0 Å². The van der Waals surface area contributed by atoms with Gasteiger partial charge >= 0.3 is 0 Å². The number of nitrogens with zero attached hydrogens (tertiary/aromatic N) is 3. The summed E-state index contributed by atoms with van der Waals surface area (Å²) in [6.45, 7) is 4.67. The number of aromatic nitrogens is 2. The zero-order chi connectivity index (χ0) is 16.5. The number of hydrogen-bond acceptors (Lipinski definition) is 3. The van der Waals surface area contributed by atoms with Crippen molar-refractivity contribution >= 4 is 29.9 Å². The molecule has 0 saturated heterocycles. The van der Waals surface area contributed by atoms with Crippen molar-refractivity contribution in [2.24, 2.45) is 17.5 Å². The number of aliphatic hydroxyl groups is 1. The minimum Gasteiger partial charge on any atom is -0.396 e. The molecule has 0 amide bonds. The maximum absolute atomic E-state index is 9.43. The Morgan fingerprint density at radius 3 is 2.67 bits per heavy atom. The highest BCUT2D eigenvalue weighted by molar-refractivity contribution is 14.0. The Morgan fingerprint density at radius 2 is 2.08 bits per heavy atom. The van der Waals surface area contributed by atoms with Gasteiger partial charge in [-0.15, -0.1) is 24.0 Å². The SMILES string of the molecule is CCNC(=NCc1ccnn1C)NCC1(CCO)CCCCC1.I. The summed E-state index contributed by atoms with van der Waals surface area (Å²) in [6, 6.07) is 1.99. The molecular formula is C17H32IN5O. The fourth-order valence-corrected chi connectivity index (χ4v) is 3.38. The van der Waals surface area contributed by atoms with Gasteiger partial charge in [-0.1, -0.05) is 19.3 Å². The maximum Gasteiger partial charge on any atom is 0.191 e. The molecule has 1 aromatic rings. The van der Waals surface area contributed by atoms with E-state index >= 15 is 0 Å². The molecule has 0 aromatic carbocycles. The molecule has 1 aromatic heterocycles. The third kappa shape index (κ3) is 6.23. The molecule has 1 heterocycles. The fraction of sp³-hybridized carbons (Fsp3) is 0.765. The van der Waals surface area contributed by atoms with Gasteiger partial charge in [-0.05, 0) is 37.7 Å². The molecular weight excluding hydrogens is 417 g/mol. The summed E-state index contributed by atoms with van der Waals surface area (Å²) >= 11 is 0. The summed E-state index contributed by atoms with van der Waals surface area (Å²) < 4.78 is 1.85. The van der Waals surface area contributed by atoms with E-state index in [0.717, 1.165) is 31.2 Å². The van der Waals surface area contributed by atoms with Crippen LogP contribution in [-0.4, -0.2) is 40.5 Å². The zero-order valence-corrected chi connectivity index (χ0v) is 17.3. The fourth-order valence-electron chi connectivity index (χ4n) is 3.38. The predicted octanol–water partition coefficient (Wildman–Crippen LogP) is 2.43. The molecule has 0 spiro atoms. The van der Waals surface area contributed by atoms with E-state index in [4.69, 9.17) is 0 Å². The highest BCUT2D eigenvalue weighted by Crippen LogP contribution is 2.38. The minimum absolute atomic E-state index is 0. The minimum atomic E-state index is 0. The lowest BCUT2D eigenvalue weighted by Crippen LogP contribution is -2.45. The van der Waals surface area contributed by atoms with Crippen molar-refractivity contribution in [1.82, 2.24) is 20.4 Å². The zero-order valence-electron chi connectivity index (χ0n) is 14.9. The Balaban J connectivity index is 0.00000288. The largest absolute Gasteiger partial charge is 0.396 e. The Bertz CT molecular complexity index is 491. The summed E-state index contributed by atoms with van der Waals surface area (Å²) in [7, 11) is 1.93. The second-order valence-electron chi connectivity index (χ2n) is 6.53. The van der Waals surface area contributed by atoms with Crippen LogP contribution in [0.5, 0.6) is 0 Å². The Kier molecular flexibility index (Phi) is 9.65. The van der Waals surface area contributed by atoms with Crippen molar-refractivity contribution < 1.29 is 5.11 Å². The van der Waals surface area contributed by atoms with E-state index < -0.39 is 0 Å². The third-order valence-electron chi connectivity index (χ3n) is 4.85. The van der Waals surface area contributed by atoms with Gasteiger partial charge in [0.15, 0.2) is 5.96 Å². The molecule has 0 atom stereocenters. The van der Waals surface area contributed by atoms with Gasteiger partial charge in [0, 0.05) is 32.9 Å². The molecule has 1 saturated carbocycles. The Labute approximate surface area is 162 Å². The molecule has 1 aliphatic carbocycles. The number of aliphatic imine (C=N–C) groups is 1. The van der Waals surface area contributed by atoms with Crippen LogP contribution < -0.4 is 10.6 Å². The van der Waals surface area contributed by atoms with Crippen LogP contribution in [0.15, 0.2) is 17.3 Å². The quantitative estimate of drug-likeness (QED) is 0.340. The van der Waals surface area contributed by atoms with Gasteiger partial charge in [-0.3, -0.25) is 4.68 Å². The second kappa shape index (κ2) is 10.9. The smallest absolute Gasteiger partial charge is 0.191 e. The van der Waals surface area contributed by atoms with Crippen molar-refractivity contribution in [3.8, 4) is 0 Å². The lowest BCUT2D eigenvalue weighted by molar-refractivity contribution is 0.131. The Hall–Kier alpha value is -0.830. The van der Waals surface area contributed by atoms with Crippen LogP contribution >= 0.6 is 24.0 Å². The van der Waals surface area contributed by atoms with Gasteiger partial charge in [0.05, 0.1) is 12.2 Å². The van der Waals surface area contributed by atoms with E-state index in [1.807, 2.05) is 17.8 Å². The molecule has 0 radical (unpaired) electrons. The molecule has 0 aliphatic heterocycles. The topological polar surface area (TPSA) is 74.5 Å². The van der Waals surface area contributed by atoms with Gasteiger partial charge in [0.2, 0.25) is 0 Å². The maximum atomic E-state index is 9.43. The molecule has 7 heteroatoms. The predicted molar refractivity (Wildman–Crippen MR) is 109 cm³/mol. The number of rotatable bonds is 7. The van der Waals surface area contributed by atoms with E-state index in [0.29, 0.717) is 6.54 Å². The van der Waals surface area contributed by atoms with Gasteiger partial charge in [-0.25, -0.2) is 4.99 Å². The van der Waals surface area contributed by atoms with E-state index in [9.17, 15) is 5.11 Å². The first kappa shape index (κ1) is 21.2. The van der Waals surface area contributed by atoms with Crippen LogP contribution in [-0.2, 0) is 13.6 Å². The lowest BCUT2D eigenvalue weighted by atomic mass is 9.72. The van der Waals surface area contributed by atoms with Crippen LogP contribution in [0.25, 0.3) is 0 Å². The van der Waals surface area contributed by atoms with Crippen LogP contribution in [0.2, 0.25) is 0 Å². The van der Waals surface area contributed by atoms with Gasteiger partial charge in [-0.2, -0.15) is 5.10 Å². The average Bonchev–Trinajstić information content (AvgIpc) is 2.96. The monoisotopic (exact) mass is 449 g/mol. The number of guanidine groups is 1. The number of aryl methyl sites for hydroxylation is 1. The number of halogens is 1. The Morgan fingerprint density at radius 1 is 1.33 bits per heavy atom.